The first-order chi connectivity index (χ1) is 28.3. The molecule has 3 fully saturated rings. The minimum atomic E-state index is -1.97. The van der Waals surface area contributed by atoms with Crippen molar-refractivity contribution in [3.8, 4) is 0 Å². The molecule has 0 bridgehead atoms. The number of carbonyl (C=O) groups excluding carboxylic acids is 1. The van der Waals surface area contributed by atoms with Crippen LogP contribution in [-0.2, 0) is 33.2 Å². The third kappa shape index (κ3) is 15.8. The van der Waals surface area contributed by atoms with Crippen molar-refractivity contribution in [2.75, 3.05) is 26.4 Å². The van der Waals surface area contributed by atoms with Gasteiger partial charge in [-0.15, -0.1) is 0 Å². The van der Waals surface area contributed by atoms with E-state index in [0.717, 1.165) is 19.3 Å². The van der Waals surface area contributed by atoms with Gasteiger partial charge in [0.1, 0.15) is 73.2 Å². The maximum Gasteiger partial charge on any atom is 0.217 e. The Bertz CT molecular complexity index is 1210. The summed E-state index contributed by atoms with van der Waals surface area (Å²) in [7, 11) is 0. The summed E-state index contributed by atoms with van der Waals surface area (Å²) in [5.74, 6) is -0.465. The Labute approximate surface area is 346 Å². The van der Waals surface area contributed by atoms with Crippen LogP contribution in [0.25, 0.3) is 0 Å². The van der Waals surface area contributed by atoms with Crippen molar-refractivity contribution in [3.05, 3.63) is 24.3 Å². The molecule has 12 N–H and O–H groups in total. The van der Waals surface area contributed by atoms with E-state index < -0.39 is 130 Å². The summed E-state index contributed by atoms with van der Waals surface area (Å²) in [6.45, 7) is 0.668. The van der Waals surface area contributed by atoms with E-state index in [1.807, 2.05) is 0 Å². The van der Waals surface area contributed by atoms with Crippen LogP contribution in [0.2, 0.25) is 0 Å². The fraction of sp³-hybridized carbons (Fsp3) is 0.875. The number of unbranched alkanes of at least 4 members (excludes halogenated alkanes) is 10. The number of carbonyl (C=O) groups is 1. The number of aliphatic hydroxyl groups is 11. The van der Waals surface area contributed by atoms with Gasteiger partial charge in [-0.2, -0.15) is 0 Å². The van der Waals surface area contributed by atoms with Crippen LogP contribution in [-0.4, -0.2) is 193 Å². The largest absolute Gasteiger partial charge is 0.394 e. The zero-order valence-corrected chi connectivity index (χ0v) is 34.2. The van der Waals surface area contributed by atoms with E-state index >= 15 is 0 Å². The molecule has 19 heteroatoms. The summed E-state index contributed by atoms with van der Waals surface area (Å²) in [5.41, 5.74) is 0. The molecule has 344 valence electrons. The predicted octanol–water partition coefficient (Wildman–Crippen LogP) is -1.87. The highest BCUT2D eigenvalue weighted by Gasteiger charge is 2.53. The molecule has 17 atom stereocenters. The van der Waals surface area contributed by atoms with E-state index in [0.29, 0.717) is 6.42 Å². The molecule has 59 heavy (non-hydrogen) atoms. The molecule has 3 saturated heterocycles. The lowest BCUT2D eigenvalue weighted by Gasteiger charge is -2.48. The summed E-state index contributed by atoms with van der Waals surface area (Å²) >= 11 is 0. The number of allylic oxidation sites excluding steroid dienone is 3. The Morgan fingerprint density at radius 3 is 1.59 bits per heavy atom. The summed E-state index contributed by atoms with van der Waals surface area (Å²) in [5, 5.41) is 117. The first-order valence-corrected chi connectivity index (χ1v) is 21.0. The smallest absolute Gasteiger partial charge is 0.217 e. The van der Waals surface area contributed by atoms with Crippen LogP contribution in [0.15, 0.2) is 24.3 Å². The highest BCUT2D eigenvalue weighted by Crippen LogP contribution is 2.32. The molecular weight excluding hydrogens is 782 g/mol. The van der Waals surface area contributed by atoms with E-state index in [9.17, 15) is 61.0 Å². The molecule has 0 aliphatic carbocycles. The molecule has 0 radical (unpaired) electrons. The highest BCUT2D eigenvalue weighted by atomic mass is 16.8. The number of amides is 1. The molecule has 3 rings (SSSR count). The highest BCUT2D eigenvalue weighted by molar-refractivity contribution is 5.73. The maximum atomic E-state index is 11.9. The Morgan fingerprint density at radius 1 is 0.593 bits per heavy atom. The lowest BCUT2D eigenvalue weighted by molar-refractivity contribution is -0.379. The van der Waals surface area contributed by atoms with Gasteiger partial charge in [-0.1, -0.05) is 82.6 Å². The average Bonchev–Trinajstić information content (AvgIpc) is 3.22. The minimum Gasteiger partial charge on any atom is -0.394 e. The molecule has 3 heterocycles. The Kier molecular flexibility index (Phi) is 23.9. The second kappa shape index (κ2) is 27.4. The summed E-state index contributed by atoms with van der Waals surface area (Å²) in [6.07, 6.45) is -5.29. The zero-order valence-electron chi connectivity index (χ0n) is 34.2. The number of ether oxygens (including phenoxy) is 6. The van der Waals surface area contributed by atoms with Crippen LogP contribution in [0.1, 0.15) is 90.9 Å². The first kappa shape index (κ1) is 51.6. The van der Waals surface area contributed by atoms with Crippen molar-refractivity contribution < 1.29 is 89.4 Å². The Morgan fingerprint density at radius 2 is 1.05 bits per heavy atom. The van der Waals surface area contributed by atoms with Crippen LogP contribution < -0.4 is 5.32 Å². The van der Waals surface area contributed by atoms with E-state index in [1.54, 1.807) is 6.08 Å². The van der Waals surface area contributed by atoms with Gasteiger partial charge in [0.2, 0.25) is 5.91 Å². The molecule has 0 aromatic rings. The summed E-state index contributed by atoms with van der Waals surface area (Å²) in [4.78, 5) is 11.9. The average molecular weight is 854 g/mol. The molecule has 17 unspecified atom stereocenters. The van der Waals surface area contributed by atoms with Gasteiger partial charge < -0.3 is 89.9 Å². The monoisotopic (exact) mass is 853 g/mol. The fourth-order valence-electron chi connectivity index (χ4n) is 7.24. The lowest BCUT2D eigenvalue weighted by Crippen LogP contribution is -2.66. The van der Waals surface area contributed by atoms with Gasteiger partial charge in [0.05, 0.1) is 38.6 Å². The number of hydrogen-bond donors (Lipinski definition) is 12. The van der Waals surface area contributed by atoms with Gasteiger partial charge >= 0.3 is 0 Å². The number of nitrogens with one attached hydrogen (secondary N) is 1. The molecular formula is C40H71NO18. The van der Waals surface area contributed by atoms with E-state index in [4.69, 9.17) is 28.4 Å². The molecule has 0 spiro atoms. The van der Waals surface area contributed by atoms with Crippen molar-refractivity contribution in [2.45, 2.75) is 195 Å². The third-order valence-corrected chi connectivity index (χ3v) is 10.8. The maximum absolute atomic E-state index is 11.9. The Balaban J connectivity index is 1.49. The van der Waals surface area contributed by atoms with Crippen molar-refractivity contribution in [3.63, 3.8) is 0 Å². The van der Waals surface area contributed by atoms with E-state index in [1.165, 1.54) is 64.4 Å². The number of rotatable bonds is 26. The second-order valence-corrected chi connectivity index (χ2v) is 15.5. The van der Waals surface area contributed by atoms with Gasteiger partial charge in [0.15, 0.2) is 18.9 Å². The van der Waals surface area contributed by atoms with Gasteiger partial charge in [-0.05, 0) is 25.7 Å². The number of hydrogen-bond acceptors (Lipinski definition) is 18. The van der Waals surface area contributed by atoms with Crippen LogP contribution in [0.4, 0.5) is 0 Å². The van der Waals surface area contributed by atoms with Crippen molar-refractivity contribution >= 4 is 5.91 Å². The van der Waals surface area contributed by atoms with Gasteiger partial charge in [0, 0.05) is 6.92 Å². The molecule has 3 aliphatic rings. The van der Waals surface area contributed by atoms with Crippen LogP contribution >= 0.6 is 0 Å². The topological polar surface area (TPSA) is 307 Å². The normalized spacial score (nSPS) is 36.6. The van der Waals surface area contributed by atoms with Gasteiger partial charge in [0.25, 0.3) is 0 Å². The standard InChI is InChI=1S/C40H71NO18/c1-3-4-5-6-7-8-9-10-11-12-13-14-15-16-17-18-25(46)24(41-23(2)45)22-54-38-34(52)31(49)36(27(20-43)56-38)59-40-35(53)32(50)37(28(21-44)57-40)58-39-33(51)30(48)29(47)26(19-42)55-39/h13-14,17-18,24-40,42-44,46-53H,3-12,15-16,19-22H2,1-2H3,(H,41,45)/b14-13+,18-17+. The van der Waals surface area contributed by atoms with E-state index in [2.05, 4.69) is 24.4 Å². The fourth-order valence-corrected chi connectivity index (χ4v) is 7.24. The van der Waals surface area contributed by atoms with Gasteiger partial charge in [-0.3, -0.25) is 4.79 Å². The molecule has 0 saturated carbocycles. The molecule has 0 aromatic carbocycles. The zero-order chi connectivity index (χ0) is 43.5. The van der Waals surface area contributed by atoms with E-state index in [-0.39, 0.29) is 6.61 Å². The summed E-state index contributed by atoms with van der Waals surface area (Å²) < 4.78 is 33.5. The van der Waals surface area contributed by atoms with Crippen molar-refractivity contribution in [1.82, 2.24) is 5.32 Å². The molecule has 19 nitrogen and oxygen atoms in total. The van der Waals surface area contributed by atoms with Crippen molar-refractivity contribution in [2.24, 2.45) is 0 Å². The third-order valence-electron chi connectivity index (χ3n) is 10.8. The molecule has 0 aromatic heterocycles. The van der Waals surface area contributed by atoms with Crippen LogP contribution in [0, 0.1) is 0 Å². The van der Waals surface area contributed by atoms with Crippen LogP contribution in [0.3, 0.4) is 0 Å². The predicted molar refractivity (Wildman–Crippen MR) is 208 cm³/mol. The number of aliphatic hydroxyl groups excluding tert-OH is 11. The summed E-state index contributed by atoms with van der Waals surface area (Å²) in [6, 6.07) is -0.985. The van der Waals surface area contributed by atoms with Crippen molar-refractivity contribution in [1.29, 1.82) is 0 Å². The second-order valence-electron chi connectivity index (χ2n) is 15.5. The minimum absolute atomic E-state index is 0.382. The Hall–Kier alpha value is -1.73. The first-order valence-electron chi connectivity index (χ1n) is 21.0. The lowest BCUT2D eigenvalue weighted by atomic mass is 9.96. The van der Waals surface area contributed by atoms with Crippen LogP contribution in [0.5, 0.6) is 0 Å². The van der Waals surface area contributed by atoms with Gasteiger partial charge in [-0.25, -0.2) is 0 Å². The SMILES string of the molecule is CCCCCCCCCCC/C=C/CC/C=C/C(O)C(COC1OC(CO)C(OC2OC(CO)C(OC3OC(CO)C(O)C(O)C3O)C(O)C2O)C(O)C1O)NC(C)=O. The quantitative estimate of drug-likeness (QED) is 0.0335. The molecule has 3 aliphatic heterocycles. The molecule has 1 amide bonds.